The Kier molecular flexibility index (Phi) is 6.67. The number of hydrogen-bond acceptors (Lipinski definition) is 3. The van der Waals surface area contributed by atoms with Crippen molar-refractivity contribution in [2.24, 2.45) is 10.4 Å². The molecule has 0 heterocycles. The highest BCUT2D eigenvalue weighted by Gasteiger charge is 2.35. The first-order valence-electron chi connectivity index (χ1n) is 8.12. The summed E-state index contributed by atoms with van der Waals surface area (Å²) in [4.78, 5) is 4.53. The van der Waals surface area contributed by atoms with Crippen LogP contribution in [0, 0.1) is 5.41 Å². The predicted molar refractivity (Wildman–Crippen MR) is 92.6 cm³/mol. The number of nitrogens with zero attached hydrogens (tertiary/aromatic N) is 1. The smallest absolute Gasteiger partial charge is 0.209 e. The number of hydrogen-bond donors (Lipinski definition) is 3. The third-order valence-corrected chi connectivity index (χ3v) is 5.16. The number of nitrogens with one attached hydrogen (secondary N) is 3. The maximum absolute atomic E-state index is 11.4. The lowest BCUT2D eigenvalue weighted by Gasteiger charge is -2.41. The van der Waals surface area contributed by atoms with Crippen LogP contribution in [0.1, 0.15) is 53.4 Å². The average molecular weight is 333 g/mol. The van der Waals surface area contributed by atoms with Gasteiger partial charge in [0.2, 0.25) is 10.0 Å². The van der Waals surface area contributed by atoms with E-state index in [4.69, 9.17) is 0 Å². The van der Waals surface area contributed by atoms with Crippen LogP contribution in [0.25, 0.3) is 0 Å². The molecule has 1 aliphatic carbocycles. The Morgan fingerprint density at radius 1 is 1.23 bits per heavy atom. The summed E-state index contributed by atoms with van der Waals surface area (Å²) in [6.45, 7) is 10.0. The normalized spacial score (nSPS) is 18.7. The standard InChI is InChI=1S/C15H32N4O2S/c1-6-15(9-8-10-15)12-18-13(16-7-2)17-11-14(3,4)19-22(5,20)21/h19H,6-12H2,1-5H3,(H2,16,17,18). The number of sulfonamides is 1. The van der Waals surface area contributed by atoms with Crippen molar-refractivity contribution in [1.29, 1.82) is 0 Å². The molecule has 0 spiro atoms. The van der Waals surface area contributed by atoms with Crippen LogP contribution in [0.2, 0.25) is 0 Å². The molecule has 0 unspecified atom stereocenters. The van der Waals surface area contributed by atoms with Gasteiger partial charge in [0.15, 0.2) is 5.96 Å². The quantitative estimate of drug-likeness (QED) is 0.464. The summed E-state index contributed by atoms with van der Waals surface area (Å²) in [5.41, 5.74) is -0.189. The fourth-order valence-electron chi connectivity index (χ4n) is 2.76. The number of rotatable bonds is 8. The Labute approximate surface area is 135 Å². The van der Waals surface area contributed by atoms with Gasteiger partial charge in [-0.2, -0.15) is 0 Å². The fraction of sp³-hybridized carbons (Fsp3) is 0.933. The van der Waals surface area contributed by atoms with E-state index in [9.17, 15) is 8.42 Å². The van der Waals surface area contributed by atoms with Crippen LogP contribution in [-0.4, -0.2) is 45.8 Å². The van der Waals surface area contributed by atoms with E-state index in [0.29, 0.717) is 12.0 Å². The van der Waals surface area contributed by atoms with Gasteiger partial charge in [0.05, 0.1) is 12.8 Å². The van der Waals surface area contributed by atoms with Crippen LogP contribution < -0.4 is 15.4 Å². The molecule has 0 atom stereocenters. The van der Waals surface area contributed by atoms with Crippen LogP contribution in [0.15, 0.2) is 4.99 Å². The highest BCUT2D eigenvalue weighted by atomic mass is 32.2. The van der Waals surface area contributed by atoms with Crippen molar-refractivity contribution in [2.45, 2.75) is 58.9 Å². The molecule has 1 aliphatic rings. The summed E-state index contributed by atoms with van der Waals surface area (Å²) < 4.78 is 25.3. The minimum atomic E-state index is -3.24. The lowest BCUT2D eigenvalue weighted by atomic mass is 9.67. The minimum Gasteiger partial charge on any atom is -0.357 e. The zero-order chi connectivity index (χ0) is 16.9. The molecular formula is C15H32N4O2S. The van der Waals surface area contributed by atoms with E-state index in [-0.39, 0.29) is 0 Å². The van der Waals surface area contributed by atoms with Crippen molar-refractivity contribution in [1.82, 2.24) is 15.4 Å². The molecule has 6 nitrogen and oxygen atoms in total. The van der Waals surface area contributed by atoms with Gasteiger partial charge in [-0.3, -0.25) is 4.99 Å². The molecule has 7 heteroatoms. The van der Waals surface area contributed by atoms with Crippen molar-refractivity contribution < 1.29 is 8.42 Å². The van der Waals surface area contributed by atoms with Gasteiger partial charge in [0.1, 0.15) is 0 Å². The van der Waals surface area contributed by atoms with Crippen LogP contribution in [0.5, 0.6) is 0 Å². The zero-order valence-electron chi connectivity index (χ0n) is 14.6. The summed E-state index contributed by atoms with van der Waals surface area (Å²) >= 11 is 0. The molecule has 0 aliphatic heterocycles. The third-order valence-electron chi connectivity index (χ3n) is 4.23. The molecule has 0 aromatic carbocycles. The first-order chi connectivity index (χ1) is 10.1. The predicted octanol–water partition coefficient (Wildman–Crippen LogP) is 1.45. The Morgan fingerprint density at radius 2 is 1.86 bits per heavy atom. The van der Waals surface area contributed by atoms with Gasteiger partial charge in [0.25, 0.3) is 0 Å². The van der Waals surface area contributed by atoms with Crippen LogP contribution in [-0.2, 0) is 10.0 Å². The Hall–Kier alpha value is -0.820. The minimum absolute atomic E-state index is 0.383. The highest BCUT2D eigenvalue weighted by Crippen LogP contribution is 2.42. The van der Waals surface area contributed by atoms with Crippen LogP contribution in [0.4, 0.5) is 0 Å². The molecule has 22 heavy (non-hydrogen) atoms. The molecule has 130 valence electrons. The molecule has 1 fully saturated rings. The lowest BCUT2D eigenvalue weighted by molar-refractivity contribution is 0.131. The van der Waals surface area contributed by atoms with Gasteiger partial charge in [-0.25, -0.2) is 13.1 Å². The molecule has 0 radical (unpaired) electrons. The topological polar surface area (TPSA) is 82.6 Å². The highest BCUT2D eigenvalue weighted by molar-refractivity contribution is 7.88. The van der Waals surface area contributed by atoms with Gasteiger partial charge < -0.3 is 10.6 Å². The second kappa shape index (κ2) is 7.64. The van der Waals surface area contributed by atoms with Gasteiger partial charge in [0, 0.05) is 18.6 Å². The van der Waals surface area contributed by atoms with Crippen LogP contribution in [0.3, 0.4) is 0 Å². The van der Waals surface area contributed by atoms with Crippen molar-refractivity contribution in [3.05, 3.63) is 0 Å². The van der Waals surface area contributed by atoms with Crippen molar-refractivity contribution in [2.75, 3.05) is 25.9 Å². The van der Waals surface area contributed by atoms with Gasteiger partial charge in [-0.1, -0.05) is 13.3 Å². The zero-order valence-corrected chi connectivity index (χ0v) is 15.4. The number of aliphatic imine (C=N–C) groups is 1. The molecule has 1 rings (SSSR count). The summed E-state index contributed by atoms with van der Waals surface area (Å²) in [5.74, 6) is 0.755. The molecule has 0 aromatic rings. The van der Waals surface area contributed by atoms with Gasteiger partial charge in [-0.05, 0) is 45.4 Å². The second-order valence-electron chi connectivity index (χ2n) is 7.01. The molecule has 0 aromatic heterocycles. The Balaban J connectivity index is 2.61. The van der Waals surface area contributed by atoms with Gasteiger partial charge in [-0.15, -0.1) is 0 Å². The van der Waals surface area contributed by atoms with Crippen molar-refractivity contribution >= 4 is 16.0 Å². The fourth-order valence-corrected chi connectivity index (χ4v) is 3.82. The lowest BCUT2D eigenvalue weighted by Crippen LogP contribution is -2.48. The molecular weight excluding hydrogens is 300 g/mol. The summed E-state index contributed by atoms with van der Waals surface area (Å²) in [6.07, 6.45) is 6.21. The monoisotopic (exact) mass is 332 g/mol. The van der Waals surface area contributed by atoms with E-state index in [2.05, 4.69) is 27.3 Å². The van der Waals surface area contributed by atoms with Crippen molar-refractivity contribution in [3.8, 4) is 0 Å². The number of guanidine groups is 1. The van der Waals surface area contributed by atoms with E-state index >= 15 is 0 Å². The van der Waals surface area contributed by atoms with Crippen LogP contribution >= 0.6 is 0 Å². The Bertz CT molecular complexity index is 476. The molecule has 1 saturated carbocycles. The van der Waals surface area contributed by atoms with E-state index in [1.165, 1.54) is 31.9 Å². The summed E-state index contributed by atoms with van der Waals surface area (Å²) in [6, 6.07) is 0. The average Bonchev–Trinajstić information content (AvgIpc) is 2.32. The Morgan fingerprint density at radius 3 is 2.27 bits per heavy atom. The molecule has 0 amide bonds. The molecule has 3 N–H and O–H groups in total. The third kappa shape index (κ3) is 6.52. The SMILES string of the molecule is CCNC(=NCC(C)(C)NS(C)(=O)=O)NCC1(CC)CCC1. The summed E-state index contributed by atoms with van der Waals surface area (Å²) in [7, 11) is -3.24. The van der Waals surface area contributed by atoms with E-state index in [1.54, 1.807) is 0 Å². The summed E-state index contributed by atoms with van der Waals surface area (Å²) in [5, 5.41) is 6.64. The van der Waals surface area contributed by atoms with Crippen molar-refractivity contribution in [3.63, 3.8) is 0 Å². The maximum Gasteiger partial charge on any atom is 0.209 e. The second-order valence-corrected chi connectivity index (χ2v) is 8.76. The largest absolute Gasteiger partial charge is 0.357 e. The van der Waals surface area contributed by atoms with E-state index < -0.39 is 15.6 Å². The molecule has 0 saturated heterocycles. The van der Waals surface area contributed by atoms with E-state index in [0.717, 1.165) is 19.0 Å². The van der Waals surface area contributed by atoms with Gasteiger partial charge >= 0.3 is 0 Å². The van der Waals surface area contributed by atoms with E-state index in [1.807, 2.05) is 20.8 Å². The molecule has 0 bridgehead atoms. The maximum atomic E-state index is 11.4. The first-order valence-corrected chi connectivity index (χ1v) is 10.0. The first kappa shape index (κ1) is 19.2.